The molecule has 0 spiro atoms. The molecule has 0 bridgehead atoms. The molecule has 3 heteroatoms. The lowest BCUT2D eigenvalue weighted by Gasteiger charge is -2.37. The van der Waals surface area contributed by atoms with Crippen molar-refractivity contribution in [2.45, 2.75) is 25.0 Å². The molecule has 2 atom stereocenters. The van der Waals surface area contributed by atoms with Crippen molar-refractivity contribution in [1.29, 1.82) is 0 Å². The molecule has 2 N–H and O–H groups in total. The van der Waals surface area contributed by atoms with Crippen LogP contribution in [0.2, 0.25) is 0 Å². The molecule has 0 saturated carbocycles. The molecule has 1 saturated heterocycles. The summed E-state index contributed by atoms with van der Waals surface area (Å²) in [5.41, 5.74) is -0.377. The molecule has 1 heterocycles. The van der Waals surface area contributed by atoms with Gasteiger partial charge in [0.05, 0.1) is 6.10 Å². The van der Waals surface area contributed by atoms with Crippen molar-refractivity contribution >= 4 is 0 Å². The van der Waals surface area contributed by atoms with Crippen molar-refractivity contribution in [3.8, 4) is 0 Å². The molecule has 60 valence electrons. The van der Waals surface area contributed by atoms with Crippen molar-refractivity contribution in [2.24, 2.45) is 0 Å². The van der Waals surface area contributed by atoms with Gasteiger partial charge < -0.3 is 15.2 Å². The number of hydrogen-bond acceptors (Lipinski definition) is 3. The SMILES string of the molecule is COC1(C)CNCCC1O. The van der Waals surface area contributed by atoms with E-state index in [0.717, 1.165) is 19.5 Å². The largest absolute Gasteiger partial charge is 0.390 e. The van der Waals surface area contributed by atoms with E-state index in [1.165, 1.54) is 0 Å². The van der Waals surface area contributed by atoms with E-state index in [0.29, 0.717) is 0 Å². The van der Waals surface area contributed by atoms with E-state index in [1.54, 1.807) is 7.11 Å². The minimum atomic E-state index is -0.377. The maximum absolute atomic E-state index is 9.46. The lowest BCUT2D eigenvalue weighted by atomic mass is 9.93. The summed E-state index contributed by atoms with van der Waals surface area (Å²) in [5.74, 6) is 0. The highest BCUT2D eigenvalue weighted by Gasteiger charge is 2.34. The monoisotopic (exact) mass is 145 g/mol. The van der Waals surface area contributed by atoms with Crippen LogP contribution in [0.15, 0.2) is 0 Å². The van der Waals surface area contributed by atoms with Crippen molar-refractivity contribution < 1.29 is 9.84 Å². The number of aliphatic hydroxyl groups excluding tert-OH is 1. The standard InChI is InChI=1S/C7H15NO2/c1-7(10-2)5-8-4-3-6(7)9/h6,8-9H,3-5H2,1-2H3. The maximum Gasteiger partial charge on any atom is 0.103 e. The van der Waals surface area contributed by atoms with Gasteiger partial charge >= 0.3 is 0 Å². The highest BCUT2D eigenvalue weighted by atomic mass is 16.5. The van der Waals surface area contributed by atoms with Gasteiger partial charge in [0, 0.05) is 13.7 Å². The number of ether oxygens (including phenoxy) is 1. The quantitative estimate of drug-likeness (QED) is 0.534. The Morgan fingerprint density at radius 3 is 2.80 bits per heavy atom. The Balaban J connectivity index is 2.54. The van der Waals surface area contributed by atoms with Crippen molar-refractivity contribution in [3.63, 3.8) is 0 Å². The molecule has 0 aromatic heterocycles. The highest BCUT2D eigenvalue weighted by molar-refractivity contribution is 4.89. The van der Waals surface area contributed by atoms with Crippen LogP contribution in [0.3, 0.4) is 0 Å². The average Bonchev–Trinajstić information content (AvgIpc) is 1.96. The van der Waals surface area contributed by atoms with Gasteiger partial charge in [-0.2, -0.15) is 0 Å². The van der Waals surface area contributed by atoms with Crippen LogP contribution in [0.5, 0.6) is 0 Å². The van der Waals surface area contributed by atoms with Crippen LogP contribution in [-0.4, -0.2) is 37.0 Å². The minimum Gasteiger partial charge on any atom is -0.390 e. The summed E-state index contributed by atoms with van der Waals surface area (Å²) in [4.78, 5) is 0. The molecular weight excluding hydrogens is 130 g/mol. The number of rotatable bonds is 1. The fraction of sp³-hybridized carbons (Fsp3) is 1.00. The van der Waals surface area contributed by atoms with Gasteiger partial charge in [-0.15, -0.1) is 0 Å². The van der Waals surface area contributed by atoms with Gasteiger partial charge in [0.1, 0.15) is 5.60 Å². The van der Waals surface area contributed by atoms with Crippen LogP contribution in [0.4, 0.5) is 0 Å². The molecule has 0 aliphatic carbocycles. The Bertz CT molecular complexity index is 118. The molecule has 1 aliphatic heterocycles. The summed E-state index contributed by atoms with van der Waals surface area (Å²) < 4.78 is 5.18. The van der Waals surface area contributed by atoms with Crippen molar-refractivity contribution in [2.75, 3.05) is 20.2 Å². The highest BCUT2D eigenvalue weighted by Crippen LogP contribution is 2.19. The maximum atomic E-state index is 9.46. The number of piperidine rings is 1. The molecular formula is C7H15NO2. The Morgan fingerprint density at radius 1 is 1.70 bits per heavy atom. The van der Waals surface area contributed by atoms with Gasteiger partial charge in [0.25, 0.3) is 0 Å². The zero-order chi connectivity index (χ0) is 7.61. The zero-order valence-electron chi connectivity index (χ0n) is 6.55. The first-order valence-corrected chi connectivity index (χ1v) is 3.63. The van der Waals surface area contributed by atoms with Crippen LogP contribution < -0.4 is 5.32 Å². The second-order valence-electron chi connectivity index (χ2n) is 3.00. The van der Waals surface area contributed by atoms with E-state index in [4.69, 9.17) is 4.74 Å². The van der Waals surface area contributed by atoms with Crippen LogP contribution in [0.25, 0.3) is 0 Å². The molecule has 10 heavy (non-hydrogen) atoms. The normalized spacial score (nSPS) is 41.7. The van der Waals surface area contributed by atoms with E-state index in [2.05, 4.69) is 5.32 Å². The fourth-order valence-corrected chi connectivity index (χ4v) is 1.21. The minimum absolute atomic E-state index is 0.321. The van der Waals surface area contributed by atoms with Crippen LogP contribution in [0.1, 0.15) is 13.3 Å². The number of methoxy groups -OCH3 is 1. The molecule has 1 aliphatic rings. The molecule has 0 aromatic carbocycles. The van der Waals surface area contributed by atoms with Crippen molar-refractivity contribution in [1.82, 2.24) is 5.32 Å². The third kappa shape index (κ3) is 1.31. The molecule has 1 fully saturated rings. The second kappa shape index (κ2) is 2.86. The van der Waals surface area contributed by atoms with E-state index in [9.17, 15) is 5.11 Å². The number of hydrogen-bond donors (Lipinski definition) is 2. The van der Waals surface area contributed by atoms with E-state index >= 15 is 0 Å². The summed E-state index contributed by atoms with van der Waals surface area (Å²) in [6.45, 7) is 3.55. The Kier molecular flexibility index (Phi) is 2.28. The van der Waals surface area contributed by atoms with Gasteiger partial charge in [0.15, 0.2) is 0 Å². The van der Waals surface area contributed by atoms with Crippen LogP contribution >= 0.6 is 0 Å². The summed E-state index contributed by atoms with van der Waals surface area (Å²) in [7, 11) is 1.64. The van der Waals surface area contributed by atoms with E-state index in [-0.39, 0.29) is 11.7 Å². The fourth-order valence-electron chi connectivity index (χ4n) is 1.21. The number of nitrogens with one attached hydrogen (secondary N) is 1. The summed E-state index contributed by atoms with van der Waals surface area (Å²) in [6, 6.07) is 0. The predicted octanol–water partition coefficient (Wildman–Crippen LogP) is -0.254. The molecule has 2 unspecified atom stereocenters. The molecule has 0 amide bonds. The van der Waals surface area contributed by atoms with Gasteiger partial charge in [-0.05, 0) is 19.9 Å². The topological polar surface area (TPSA) is 41.5 Å². The van der Waals surface area contributed by atoms with Gasteiger partial charge in [-0.1, -0.05) is 0 Å². The van der Waals surface area contributed by atoms with Gasteiger partial charge in [-0.25, -0.2) is 0 Å². The first kappa shape index (κ1) is 7.98. The molecule has 1 rings (SSSR count). The summed E-state index contributed by atoms with van der Waals surface area (Å²) in [6.07, 6.45) is 0.461. The van der Waals surface area contributed by atoms with E-state index in [1.807, 2.05) is 6.92 Å². The molecule has 0 aromatic rings. The molecule has 0 radical (unpaired) electrons. The Hall–Kier alpha value is -0.120. The van der Waals surface area contributed by atoms with Crippen LogP contribution in [0, 0.1) is 0 Å². The second-order valence-corrected chi connectivity index (χ2v) is 3.00. The lowest BCUT2D eigenvalue weighted by molar-refractivity contribution is -0.102. The predicted molar refractivity (Wildman–Crippen MR) is 38.9 cm³/mol. The summed E-state index contributed by atoms with van der Waals surface area (Å²) >= 11 is 0. The first-order chi connectivity index (χ1) is 4.69. The average molecular weight is 145 g/mol. The first-order valence-electron chi connectivity index (χ1n) is 3.63. The Morgan fingerprint density at radius 2 is 2.40 bits per heavy atom. The third-order valence-corrected chi connectivity index (χ3v) is 2.24. The van der Waals surface area contributed by atoms with Crippen molar-refractivity contribution in [3.05, 3.63) is 0 Å². The zero-order valence-corrected chi connectivity index (χ0v) is 6.55. The summed E-state index contributed by atoms with van der Waals surface area (Å²) in [5, 5.41) is 12.6. The lowest BCUT2D eigenvalue weighted by Crippen LogP contribution is -2.54. The molecule has 3 nitrogen and oxygen atoms in total. The van der Waals surface area contributed by atoms with Gasteiger partial charge in [0.2, 0.25) is 0 Å². The van der Waals surface area contributed by atoms with E-state index < -0.39 is 0 Å². The van der Waals surface area contributed by atoms with Gasteiger partial charge in [-0.3, -0.25) is 0 Å². The van der Waals surface area contributed by atoms with Crippen LogP contribution in [-0.2, 0) is 4.74 Å². The Labute approximate surface area is 61.4 Å². The smallest absolute Gasteiger partial charge is 0.103 e. The number of aliphatic hydroxyl groups is 1. The third-order valence-electron chi connectivity index (χ3n) is 2.24.